The molecule has 0 N–H and O–H groups in total. The molecule has 1 atom stereocenters. The molecular formula is C19H28N2O5S. The van der Waals surface area contributed by atoms with Gasteiger partial charge in [0.15, 0.2) is 9.84 Å². The highest BCUT2D eigenvalue weighted by Gasteiger charge is 2.34. The van der Waals surface area contributed by atoms with Crippen molar-refractivity contribution >= 4 is 21.7 Å². The fraction of sp³-hybridized carbons (Fsp3) is 0.579. The lowest BCUT2D eigenvalue weighted by molar-refractivity contribution is -0.140. The Kier molecular flexibility index (Phi) is 7.24. The molecule has 27 heavy (non-hydrogen) atoms. The van der Waals surface area contributed by atoms with Crippen LogP contribution >= 0.6 is 0 Å². The van der Waals surface area contributed by atoms with E-state index in [2.05, 4.69) is 0 Å². The fourth-order valence-electron chi connectivity index (χ4n) is 3.43. The van der Waals surface area contributed by atoms with Gasteiger partial charge in [0, 0.05) is 26.1 Å². The Labute approximate surface area is 161 Å². The van der Waals surface area contributed by atoms with Crippen molar-refractivity contribution in [2.24, 2.45) is 0 Å². The molecular weight excluding hydrogens is 368 g/mol. The minimum atomic E-state index is -3.07. The molecule has 1 fully saturated rings. The number of carbonyl (C=O) groups excluding carboxylic acids is 2. The van der Waals surface area contributed by atoms with E-state index in [0.717, 1.165) is 11.3 Å². The average molecular weight is 397 g/mol. The summed E-state index contributed by atoms with van der Waals surface area (Å²) >= 11 is 0. The number of para-hydroxylation sites is 1. The second-order valence-electron chi connectivity index (χ2n) is 6.74. The maximum Gasteiger partial charge on any atom is 0.242 e. The second kappa shape index (κ2) is 9.21. The Balaban J connectivity index is 2.02. The molecule has 1 saturated heterocycles. The van der Waals surface area contributed by atoms with Crippen LogP contribution in [0.1, 0.15) is 25.8 Å². The molecule has 1 heterocycles. The lowest BCUT2D eigenvalue weighted by Gasteiger charge is -2.30. The van der Waals surface area contributed by atoms with Crippen LogP contribution in [0, 0.1) is 0 Å². The Hall–Kier alpha value is -2.09. The van der Waals surface area contributed by atoms with Gasteiger partial charge in [-0.15, -0.1) is 0 Å². The van der Waals surface area contributed by atoms with E-state index in [9.17, 15) is 18.0 Å². The van der Waals surface area contributed by atoms with Crippen LogP contribution in [0.2, 0.25) is 0 Å². The van der Waals surface area contributed by atoms with Crippen LogP contribution in [-0.4, -0.2) is 74.3 Å². The van der Waals surface area contributed by atoms with Gasteiger partial charge >= 0.3 is 0 Å². The van der Waals surface area contributed by atoms with Crippen molar-refractivity contribution in [2.75, 3.05) is 38.2 Å². The quantitative estimate of drug-likeness (QED) is 0.658. The van der Waals surface area contributed by atoms with Crippen LogP contribution in [0.3, 0.4) is 0 Å². The van der Waals surface area contributed by atoms with E-state index in [-0.39, 0.29) is 35.9 Å². The molecule has 1 aliphatic rings. The summed E-state index contributed by atoms with van der Waals surface area (Å²) in [6.45, 7) is 4.04. The summed E-state index contributed by atoms with van der Waals surface area (Å²) in [5.41, 5.74) is 0.966. The Morgan fingerprint density at radius 3 is 2.52 bits per heavy atom. The number of likely N-dealkylation sites (N-methyl/N-ethyl adjacent to an activating group) is 1. The number of benzene rings is 1. The van der Waals surface area contributed by atoms with Crippen molar-refractivity contribution in [1.29, 1.82) is 0 Å². The number of methoxy groups -OCH3 is 1. The summed E-state index contributed by atoms with van der Waals surface area (Å²) in [7, 11) is -1.47. The minimum Gasteiger partial charge on any atom is -0.496 e. The summed E-state index contributed by atoms with van der Waals surface area (Å²) in [5.74, 6) is 0.473. The molecule has 7 nitrogen and oxygen atoms in total. The number of amides is 2. The monoisotopic (exact) mass is 396 g/mol. The van der Waals surface area contributed by atoms with Crippen molar-refractivity contribution in [1.82, 2.24) is 9.80 Å². The van der Waals surface area contributed by atoms with Gasteiger partial charge in [0.05, 0.1) is 25.2 Å². The zero-order valence-corrected chi connectivity index (χ0v) is 17.0. The first-order valence-corrected chi connectivity index (χ1v) is 11.0. The van der Waals surface area contributed by atoms with Gasteiger partial charge in [-0.05, 0) is 31.4 Å². The normalized spacial score (nSPS) is 18.1. The fourth-order valence-corrected chi connectivity index (χ4v) is 5.16. The predicted molar refractivity (Wildman–Crippen MR) is 103 cm³/mol. The van der Waals surface area contributed by atoms with E-state index < -0.39 is 9.84 Å². The maximum absolute atomic E-state index is 12.7. The average Bonchev–Trinajstić information content (AvgIpc) is 2.98. The number of rotatable bonds is 8. The van der Waals surface area contributed by atoms with Gasteiger partial charge < -0.3 is 14.5 Å². The van der Waals surface area contributed by atoms with Crippen molar-refractivity contribution in [3.63, 3.8) is 0 Å². The summed E-state index contributed by atoms with van der Waals surface area (Å²) < 4.78 is 28.8. The molecule has 0 spiro atoms. The van der Waals surface area contributed by atoms with Crippen molar-refractivity contribution in [3.05, 3.63) is 29.8 Å². The van der Waals surface area contributed by atoms with Gasteiger partial charge in [-0.3, -0.25) is 9.59 Å². The standard InChI is InChI=1S/C19H28N2O5S/c1-4-21(17-10-12-27(24,25)14-17)19(23)13-20(15(2)22)11-9-16-7-5-6-8-18(16)26-3/h5-8,17H,4,9-14H2,1-3H3. The van der Waals surface area contributed by atoms with Crippen LogP contribution in [-0.2, 0) is 25.8 Å². The molecule has 0 radical (unpaired) electrons. The molecule has 1 unspecified atom stereocenters. The summed E-state index contributed by atoms with van der Waals surface area (Å²) in [5, 5.41) is 0. The van der Waals surface area contributed by atoms with Gasteiger partial charge in [-0.1, -0.05) is 18.2 Å². The summed E-state index contributed by atoms with van der Waals surface area (Å²) in [6, 6.07) is 7.28. The first-order valence-electron chi connectivity index (χ1n) is 9.14. The first kappa shape index (κ1) is 21.2. The molecule has 2 rings (SSSR count). The molecule has 2 amide bonds. The largest absolute Gasteiger partial charge is 0.496 e. The lowest BCUT2D eigenvalue weighted by atomic mass is 10.1. The number of sulfone groups is 1. The van der Waals surface area contributed by atoms with Crippen LogP contribution in [0.5, 0.6) is 5.75 Å². The Morgan fingerprint density at radius 1 is 1.26 bits per heavy atom. The van der Waals surface area contributed by atoms with E-state index in [1.54, 1.807) is 12.0 Å². The smallest absolute Gasteiger partial charge is 0.242 e. The molecule has 1 aromatic carbocycles. The Morgan fingerprint density at radius 2 is 1.96 bits per heavy atom. The number of ether oxygens (including phenoxy) is 1. The highest BCUT2D eigenvalue weighted by molar-refractivity contribution is 7.91. The van der Waals surface area contributed by atoms with Crippen molar-refractivity contribution in [2.45, 2.75) is 32.7 Å². The first-order chi connectivity index (χ1) is 12.8. The number of hydrogen-bond donors (Lipinski definition) is 0. The molecule has 0 bridgehead atoms. The Bertz CT molecular complexity index is 778. The van der Waals surface area contributed by atoms with Gasteiger partial charge in [0.1, 0.15) is 5.75 Å². The molecule has 1 aliphatic heterocycles. The lowest BCUT2D eigenvalue weighted by Crippen LogP contribution is -2.47. The number of nitrogens with zero attached hydrogens (tertiary/aromatic N) is 2. The van der Waals surface area contributed by atoms with E-state index >= 15 is 0 Å². The number of hydrogen-bond acceptors (Lipinski definition) is 5. The van der Waals surface area contributed by atoms with Gasteiger partial charge in [0.25, 0.3) is 0 Å². The SMILES string of the molecule is CCN(C(=O)CN(CCc1ccccc1OC)C(C)=O)C1CCS(=O)(=O)C1. The van der Waals surface area contributed by atoms with Crippen molar-refractivity contribution in [3.8, 4) is 5.75 Å². The molecule has 0 saturated carbocycles. The maximum atomic E-state index is 12.7. The van der Waals surface area contributed by atoms with Gasteiger partial charge in [0.2, 0.25) is 11.8 Å². The molecule has 1 aromatic rings. The van der Waals surface area contributed by atoms with E-state index in [1.165, 1.54) is 11.8 Å². The topological polar surface area (TPSA) is 84.0 Å². The second-order valence-corrected chi connectivity index (χ2v) is 8.97. The zero-order valence-electron chi connectivity index (χ0n) is 16.2. The predicted octanol–water partition coefficient (Wildman–Crippen LogP) is 1.12. The van der Waals surface area contributed by atoms with Crippen LogP contribution in [0.4, 0.5) is 0 Å². The van der Waals surface area contributed by atoms with Gasteiger partial charge in [-0.2, -0.15) is 0 Å². The summed E-state index contributed by atoms with van der Waals surface area (Å²) in [4.78, 5) is 27.8. The molecule has 150 valence electrons. The zero-order chi connectivity index (χ0) is 20.0. The van der Waals surface area contributed by atoms with Crippen molar-refractivity contribution < 1.29 is 22.7 Å². The number of carbonyl (C=O) groups is 2. The van der Waals surface area contributed by atoms with Crippen LogP contribution in [0.25, 0.3) is 0 Å². The van der Waals surface area contributed by atoms with E-state index in [1.807, 2.05) is 31.2 Å². The third-order valence-corrected chi connectivity index (χ3v) is 6.68. The summed E-state index contributed by atoms with van der Waals surface area (Å²) in [6.07, 6.45) is 1.03. The van der Waals surface area contributed by atoms with E-state index in [0.29, 0.717) is 25.9 Å². The third kappa shape index (κ3) is 5.69. The van der Waals surface area contributed by atoms with Crippen LogP contribution in [0.15, 0.2) is 24.3 Å². The molecule has 8 heteroatoms. The highest BCUT2D eigenvalue weighted by atomic mass is 32.2. The minimum absolute atomic E-state index is 0.00780. The van der Waals surface area contributed by atoms with Gasteiger partial charge in [-0.25, -0.2) is 8.42 Å². The van der Waals surface area contributed by atoms with Crippen LogP contribution < -0.4 is 4.74 Å². The third-order valence-electron chi connectivity index (χ3n) is 4.93. The highest BCUT2D eigenvalue weighted by Crippen LogP contribution is 2.19. The molecule has 0 aliphatic carbocycles. The van der Waals surface area contributed by atoms with E-state index in [4.69, 9.17) is 4.74 Å². The molecule has 0 aromatic heterocycles.